The zero-order valence-corrected chi connectivity index (χ0v) is 12.3. The van der Waals surface area contributed by atoms with Crippen LogP contribution in [0.5, 0.6) is 0 Å². The van der Waals surface area contributed by atoms with E-state index in [1.54, 1.807) is 0 Å². The third-order valence-corrected chi connectivity index (χ3v) is 5.30. The molecule has 1 aliphatic heterocycles. The molecule has 1 heterocycles. The minimum atomic E-state index is 0.224. The first-order valence-corrected chi connectivity index (χ1v) is 7.99. The van der Waals surface area contributed by atoms with Crippen LogP contribution in [-0.4, -0.2) is 35.0 Å². The lowest BCUT2D eigenvalue weighted by molar-refractivity contribution is -0.124. The Morgan fingerprint density at radius 3 is 3.00 bits per heavy atom. The molecule has 1 saturated heterocycles. The van der Waals surface area contributed by atoms with Crippen LogP contribution in [0.1, 0.15) is 39.0 Å². The fraction of sp³-hybridized carbons (Fsp3) is 0.706. The number of ketones is 1. The molecule has 0 spiro atoms. The van der Waals surface area contributed by atoms with E-state index in [1.165, 1.54) is 18.5 Å². The maximum absolute atomic E-state index is 12.1. The van der Waals surface area contributed by atoms with Gasteiger partial charge in [0.25, 0.3) is 0 Å². The highest BCUT2D eigenvalue weighted by molar-refractivity contribution is 5.84. The first kappa shape index (κ1) is 13.9. The lowest BCUT2D eigenvalue weighted by atomic mass is 9.66. The molecule has 3 rings (SSSR count). The van der Waals surface area contributed by atoms with Gasteiger partial charge in [-0.25, -0.2) is 0 Å². The number of piperidine rings is 1. The van der Waals surface area contributed by atoms with Crippen LogP contribution in [0.25, 0.3) is 0 Å². The van der Waals surface area contributed by atoms with E-state index in [9.17, 15) is 4.79 Å². The van der Waals surface area contributed by atoms with Gasteiger partial charge < -0.3 is 10.0 Å². The SMILES string of the molecule is CC1CC[C@@H]2C(=CCC3C(=O)CC=CC32)N1CCCO. The van der Waals surface area contributed by atoms with Crippen molar-refractivity contribution in [2.45, 2.75) is 45.1 Å². The number of likely N-dealkylation sites (tertiary alicyclic amines) is 1. The first-order valence-electron chi connectivity index (χ1n) is 7.99. The summed E-state index contributed by atoms with van der Waals surface area (Å²) < 4.78 is 0. The summed E-state index contributed by atoms with van der Waals surface area (Å²) in [5, 5.41) is 9.10. The predicted molar refractivity (Wildman–Crippen MR) is 79.0 cm³/mol. The van der Waals surface area contributed by atoms with Gasteiger partial charge in [0.1, 0.15) is 5.78 Å². The topological polar surface area (TPSA) is 40.5 Å². The molecular formula is C17H25NO2. The van der Waals surface area contributed by atoms with Gasteiger partial charge in [0.2, 0.25) is 0 Å². The molecule has 0 radical (unpaired) electrons. The molecule has 3 aliphatic rings. The summed E-state index contributed by atoms with van der Waals surface area (Å²) in [5.41, 5.74) is 1.44. The van der Waals surface area contributed by atoms with Crippen molar-refractivity contribution in [1.82, 2.24) is 4.90 Å². The van der Waals surface area contributed by atoms with Gasteiger partial charge in [0.15, 0.2) is 0 Å². The van der Waals surface area contributed by atoms with Gasteiger partial charge in [0.05, 0.1) is 0 Å². The van der Waals surface area contributed by atoms with Gasteiger partial charge in [-0.05, 0) is 38.5 Å². The molecule has 0 aromatic heterocycles. The molecular weight excluding hydrogens is 250 g/mol. The van der Waals surface area contributed by atoms with Crippen molar-refractivity contribution < 1.29 is 9.90 Å². The highest BCUT2D eigenvalue weighted by atomic mass is 16.3. The number of hydrogen-bond donors (Lipinski definition) is 1. The number of allylic oxidation sites excluding steroid dienone is 4. The summed E-state index contributed by atoms with van der Waals surface area (Å²) in [5.74, 6) is 1.58. The first-order chi connectivity index (χ1) is 9.72. The van der Waals surface area contributed by atoms with Crippen LogP contribution in [0, 0.1) is 17.8 Å². The van der Waals surface area contributed by atoms with Crippen LogP contribution in [0.15, 0.2) is 23.9 Å². The molecule has 4 atom stereocenters. The van der Waals surface area contributed by atoms with Gasteiger partial charge in [-0.2, -0.15) is 0 Å². The standard InChI is InChI=1S/C17H25NO2/c1-12-6-7-14-13-4-2-5-17(20)15(13)8-9-16(14)18(12)10-3-11-19/h2,4,9,12-15,19H,3,5-8,10-11H2,1H3/t12?,13?,14-,15?/m0/s1. The number of aliphatic hydroxyl groups excluding tert-OH is 1. The Kier molecular flexibility index (Phi) is 3.97. The Hall–Kier alpha value is -1.09. The Bertz CT molecular complexity index is 440. The normalized spacial score (nSPS) is 36.4. The average molecular weight is 275 g/mol. The monoisotopic (exact) mass is 275 g/mol. The molecule has 3 nitrogen and oxygen atoms in total. The van der Waals surface area contributed by atoms with E-state index < -0.39 is 0 Å². The average Bonchev–Trinajstić information content (AvgIpc) is 2.46. The molecule has 0 bridgehead atoms. The van der Waals surface area contributed by atoms with Crippen LogP contribution in [-0.2, 0) is 4.79 Å². The second-order valence-corrected chi connectivity index (χ2v) is 6.45. The third kappa shape index (κ3) is 2.32. The Morgan fingerprint density at radius 1 is 1.35 bits per heavy atom. The molecule has 0 aromatic carbocycles. The van der Waals surface area contributed by atoms with Crippen LogP contribution < -0.4 is 0 Å². The van der Waals surface area contributed by atoms with Crippen molar-refractivity contribution in [2.24, 2.45) is 17.8 Å². The molecule has 2 aliphatic carbocycles. The summed E-state index contributed by atoms with van der Waals surface area (Å²) in [4.78, 5) is 14.6. The lowest BCUT2D eigenvalue weighted by Gasteiger charge is -2.48. The van der Waals surface area contributed by atoms with Crippen LogP contribution in [0.3, 0.4) is 0 Å². The molecule has 0 saturated carbocycles. The van der Waals surface area contributed by atoms with Gasteiger partial charge in [-0.1, -0.05) is 18.2 Å². The lowest BCUT2D eigenvalue weighted by Crippen LogP contribution is -2.46. The molecule has 3 heteroatoms. The Labute approximate surface area is 121 Å². The largest absolute Gasteiger partial charge is 0.396 e. The van der Waals surface area contributed by atoms with Crippen molar-refractivity contribution in [3.63, 3.8) is 0 Å². The van der Waals surface area contributed by atoms with Gasteiger partial charge in [-0.15, -0.1) is 0 Å². The van der Waals surface area contributed by atoms with Crippen molar-refractivity contribution >= 4 is 5.78 Å². The van der Waals surface area contributed by atoms with Gasteiger partial charge in [-0.3, -0.25) is 4.79 Å². The van der Waals surface area contributed by atoms with Gasteiger partial charge in [0, 0.05) is 43.1 Å². The summed E-state index contributed by atoms with van der Waals surface area (Å²) in [7, 11) is 0. The molecule has 0 aromatic rings. The molecule has 110 valence electrons. The number of rotatable bonds is 3. The number of aliphatic hydroxyl groups is 1. The van der Waals surface area contributed by atoms with E-state index in [4.69, 9.17) is 5.11 Å². The Morgan fingerprint density at radius 2 is 2.20 bits per heavy atom. The molecule has 20 heavy (non-hydrogen) atoms. The Balaban J connectivity index is 1.84. The summed E-state index contributed by atoms with van der Waals surface area (Å²) in [6.07, 6.45) is 11.4. The molecule has 1 N–H and O–H groups in total. The predicted octanol–water partition coefficient (Wildman–Crippen LogP) is 2.52. The smallest absolute Gasteiger partial charge is 0.140 e. The minimum absolute atomic E-state index is 0.224. The molecule has 0 amide bonds. The summed E-state index contributed by atoms with van der Waals surface area (Å²) >= 11 is 0. The number of nitrogens with zero attached hydrogens (tertiary/aromatic N) is 1. The van der Waals surface area contributed by atoms with E-state index in [0.29, 0.717) is 30.1 Å². The molecule has 1 fully saturated rings. The number of hydrogen-bond acceptors (Lipinski definition) is 3. The fourth-order valence-corrected chi connectivity index (χ4v) is 4.23. The van der Waals surface area contributed by atoms with Crippen LogP contribution in [0.4, 0.5) is 0 Å². The van der Waals surface area contributed by atoms with E-state index in [-0.39, 0.29) is 12.5 Å². The zero-order chi connectivity index (χ0) is 14.1. The van der Waals surface area contributed by atoms with E-state index in [2.05, 4.69) is 30.1 Å². The minimum Gasteiger partial charge on any atom is -0.396 e. The summed E-state index contributed by atoms with van der Waals surface area (Å²) in [6.45, 7) is 3.48. The van der Waals surface area contributed by atoms with Crippen molar-refractivity contribution in [2.75, 3.05) is 13.2 Å². The third-order valence-electron chi connectivity index (χ3n) is 5.30. The van der Waals surface area contributed by atoms with E-state index in [0.717, 1.165) is 19.4 Å². The van der Waals surface area contributed by atoms with E-state index >= 15 is 0 Å². The number of carbonyl (C=O) groups is 1. The fourth-order valence-electron chi connectivity index (χ4n) is 4.23. The molecule has 3 unspecified atom stereocenters. The van der Waals surface area contributed by atoms with Crippen molar-refractivity contribution in [3.8, 4) is 0 Å². The number of carbonyl (C=O) groups excluding carboxylic acids is 1. The van der Waals surface area contributed by atoms with Crippen LogP contribution in [0.2, 0.25) is 0 Å². The second kappa shape index (κ2) is 5.72. The zero-order valence-electron chi connectivity index (χ0n) is 12.3. The van der Waals surface area contributed by atoms with Crippen LogP contribution >= 0.6 is 0 Å². The maximum Gasteiger partial charge on any atom is 0.140 e. The quantitative estimate of drug-likeness (QED) is 0.805. The van der Waals surface area contributed by atoms with Gasteiger partial charge >= 0.3 is 0 Å². The van der Waals surface area contributed by atoms with E-state index in [1.807, 2.05) is 0 Å². The number of Topliss-reactive ketones (excluding diaryl/α,β-unsaturated/α-hetero) is 1. The van der Waals surface area contributed by atoms with Crippen molar-refractivity contribution in [3.05, 3.63) is 23.9 Å². The highest BCUT2D eigenvalue weighted by Crippen LogP contribution is 2.46. The second-order valence-electron chi connectivity index (χ2n) is 6.45. The summed E-state index contributed by atoms with van der Waals surface area (Å²) in [6, 6.07) is 0.559. The maximum atomic E-state index is 12.1. The number of fused-ring (bicyclic) bond motifs is 3. The van der Waals surface area contributed by atoms with Crippen molar-refractivity contribution in [1.29, 1.82) is 0 Å². The highest BCUT2D eigenvalue weighted by Gasteiger charge is 2.42.